The molecule has 1 aromatic heterocycles. The highest BCUT2D eigenvalue weighted by molar-refractivity contribution is 5.94. The number of furan rings is 1. The first-order valence-corrected chi connectivity index (χ1v) is 10.1. The number of methoxy groups -OCH3 is 1. The standard InChI is InChI=1S/C21H26N4O6/c1-30-15-13-24(21(27)17-7-14-31-16-17)8-6-20(26)23-11-9-22(10-12-23)18-2-4-19(5-3-18)25(28)29/h2-5,7,14,16H,6,8-13,15H2,1H3. The van der Waals surface area contributed by atoms with Crippen LogP contribution in [0.1, 0.15) is 16.8 Å². The smallest absolute Gasteiger partial charge is 0.269 e. The number of anilines is 1. The number of nitrogens with zero attached hydrogens (tertiary/aromatic N) is 4. The van der Waals surface area contributed by atoms with Crippen molar-refractivity contribution in [1.82, 2.24) is 9.80 Å². The number of rotatable bonds is 9. The minimum absolute atomic E-state index is 0.00856. The Morgan fingerprint density at radius 1 is 1.13 bits per heavy atom. The van der Waals surface area contributed by atoms with Crippen LogP contribution in [0, 0.1) is 10.1 Å². The van der Waals surface area contributed by atoms with Crippen LogP contribution in [-0.4, -0.2) is 79.5 Å². The molecule has 1 aliphatic heterocycles. The van der Waals surface area contributed by atoms with Gasteiger partial charge in [-0.1, -0.05) is 0 Å². The summed E-state index contributed by atoms with van der Waals surface area (Å²) in [6.45, 7) is 3.48. The minimum Gasteiger partial charge on any atom is -0.472 e. The summed E-state index contributed by atoms with van der Waals surface area (Å²) in [5, 5.41) is 10.8. The van der Waals surface area contributed by atoms with E-state index >= 15 is 0 Å². The molecule has 10 heteroatoms. The van der Waals surface area contributed by atoms with Crippen molar-refractivity contribution in [3.05, 3.63) is 58.5 Å². The second-order valence-corrected chi connectivity index (χ2v) is 7.19. The van der Waals surface area contributed by atoms with E-state index in [1.54, 1.807) is 35.1 Å². The number of carbonyl (C=O) groups is 2. The Labute approximate surface area is 180 Å². The van der Waals surface area contributed by atoms with Crippen molar-refractivity contribution in [1.29, 1.82) is 0 Å². The summed E-state index contributed by atoms with van der Waals surface area (Å²) in [5.41, 5.74) is 1.40. The lowest BCUT2D eigenvalue weighted by atomic mass is 10.2. The first-order valence-electron chi connectivity index (χ1n) is 10.1. The van der Waals surface area contributed by atoms with E-state index in [9.17, 15) is 19.7 Å². The highest BCUT2D eigenvalue weighted by Gasteiger charge is 2.23. The van der Waals surface area contributed by atoms with Gasteiger partial charge in [0.15, 0.2) is 0 Å². The van der Waals surface area contributed by atoms with Gasteiger partial charge >= 0.3 is 0 Å². The number of hydrogen-bond donors (Lipinski definition) is 0. The molecule has 0 spiro atoms. The molecule has 2 aromatic rings. The van der Waals surface area contributed by atoms with Crippen LogP contribution in [0.5, 0.6) is 0 Å². The third-order valence-corrected chi connectivity index (χ3v) is 5.27. The number of carbonyl (C=O) groups excluding carboxylic acids is 2. The van der Waals surface area contributed by atoms with Gasteiger partial charge in [-0.05, 0) is 18.2 Å². The number of hydrogen-bond acceptors (Lipinski definition) is 7. The molecular weight excluding hydrogens is 404 g/mol. The van der Waals surface area contributed by atoms with E-state index in [1.165, 1.54) is 24.7 Å². The second kappa shape index (κ2) is 10.6. The maximum atomic E-state index is 12.7. The summed E-state index contributed by atoms with van der Waals surface area (Å²) >= 11 is 0. The molecule has 0 saturated carbocycles. The van der Waals surface area contributed by atoms with Crippen LogP contribution in [0.2, 0.25) is 0 Å². The van der Waals surface area contributed by atoms with E-state index in [-0.39, 0.29) is 23.9 Å². The lowest BCUT2D eigenvalue weighted by molar-refractivity contribution is -0.384. The van der Waals surface area contributed by atoms with E-state index in [1.807, 2.05) is 0 Å². The van der Waals surface area contributed by atoms with Gasteiger partial charge in [-0.2, -0.15) is 0 Å². The number of amides is 2. The average Bonchev–Trinajstić information content (AvgIpc) is 3.34. The molecule has 0 radical (unpaired) electrons. The van der Waals surface area contributed by atoms with Crippen molar-refractivity contribution in [3.8, 4) is 0 Å². The fraction of sp³-hybridized carbons (Fsp3) is 0.429. The average molecular weight is 430 g/mol. The highest BCUT2D eigenvalue weighted by Crippen LogP contribution is 2.21. The number of piperazine rings is 1. The first kappa shape index (κ1) is 22.3. The van der Waals surface area contributed by atoms with Crippen LogP contribution in [0.4, 0.5) is 11.4 Å². The van der Waals surface area contributed by atoms with Gasteiger partial charge in [-0.15, -0.1) is 0 Å². The normalized spacial score (nSPS) is 13.8. The zero-order chi connectivity index (χ0) is 22.2. The molecule has 0 bridgehead atoms. The molecule has 1 aromatic carbocycles. The molecule has 1 aliphatic rings. The van der Waals surface area contributed by atoms with Crippen LogP contribution in [0.15, 0.2) is 47.3 Å². The number of nitro benzene ring substituents is 1. The molecule has 1 fully saturated rings. The van der Waals surface area contributed by atoms with E-state index < -0.39 is 4.92 Å². The van der Waals surface area contributed by atoms with Gasteiger partial charge in [-0.25, -0.2) is 0 Å². The Morgan fingerprint density at radius 3 is 2.42 bits per heavy atom. The molecule has 0 N–H and O–H groups in total. The molecule has 166 valence electrons. The molecule has 3 rings (SSSR count). The molecule has 31 heavy (non-hydrogen) atoms. The number of nitro groups is 1. The van der Waals surface area contributed by atoms with Crippen LogP contribution in [0.25, 0.3) is 0 Å². The quantitative estimate of drug-likeness (QED) is 0.442. The monoisotopic (exact) mass is 430 g/mol. The molecular formula is C21H26N4O6. The van der Waals surface area contributed by atoms with E-state index in [2.05, 4.69) is 4.90 Å². The van der Waals surface area contributed by atoms with Gasteiger partial charge in [0.05, 0.1) is 23.4 Å². The van der Waals surface area contributed by atoms with Crippen molar-refractivity contribution < 1.29 is 23.7 Å². The Bertz CT molecular complexity index is 876. The van der Waals surface area contributed by atoms with Crippen LogP contribution in [-0.2, 0) is 9.53 Å². The van der Waals surface area contributed by atoms with E-state index in [4.69, 9.17) is 9.15 Å². The van der Waals surface area contributed by atoms with Gasteiger partial charge in [0.1, 0.15) is 6.26 Å². The Balaban J connectivity index is 1.50. The summed E-state index contributed by atoms with van der Waals surface area (Å²) < 4.78 is 10.1. The summed E-state index contributed by atoms with van der Waals surface area (Å²) in [5.74, 6) is -0.202. The SMILES string of the molecule is COCCN(CCC(=O)N1CCN(c2ccc([N+](=O)[O-])cc2)CC1)C(=O)c1ccoc1. The molecule has 1 saturated heterocycles. The molecule has 10 nitrogen and oxygen atoms in total. The zero-order valence-corrected chi connectivity index (χ0v) is 17.4. The Morgan fingerprint density at radius 2 is 1.84 bits per heavy atom. The molecule has 2 amide bonds. The predicted molar refractivity (Wildman–Crippen MR) is 113 cm³/mol. The van der Waals surface area contributed by atoms with E-state index in [0.717, 1.165) is 5.69 Å². The van der Waals surface area contributed by atoms with Gasteiger partial charge in [0.2, 0.25) is 5.91 Å². The first-order chi connectivity index (χ1) is 15.0. The largest absolute Gasteiger partial charge is 0.472 e. The van der Waals surface area contributed by atoms with Gasteiger partial charge in [-0.3, -0.25) is 19.7 Å². The lowest BCUT2D eigenvalue weighted by Crippen LogP contribution is -2.49. The molecule has 0 aliphatic carbocycles. The summed E-state index contributed by atoms with van der Waals surface area (Å²) in [6, 6.07) is 8.02. The van der Waals surface area contributed by atoms with Gasteiger partial charge in [0, 0.05) is 70.6 Å². The highest BCUT2D eigenvalue weighted by atomic mass is 16.6. The topological polar surface area (TPSA) is 109 Å². The number of benzene rings is 1. The Hall–Kier alpha value is -3.40. The second-order valence-electron chi connectivity index (χ2n) is 7.19. The number of non-ortho nitro benzene ring substituents is 1. The Kier molecular flexibility index (Phi) is 7.60. The van der Waals surface area contributed by atoms with Crippen molar-refractivity contribution >= 4 is 23.2 Å². The van der Waals surface area contributed by atoms with Crippen LogP contribution >= 0.6 is 0 Å². The zero-order valence-electron chi connectivity index (χ0n) is 17.4. The van der Waals surface area contributed by atoms with Crippen LogP contribution in [0.3, 0.4) is 0 Å². The van der Waals surface area contributed by atoms with Crippen molar-refractivity contribution in [2.24, 2.45) is 0 Å². The lowest BCUT2D eigenvalue weighted by Gasteiger charge is -2.36. The van der Waals surface area contributed by atoms with Crippen molar-refractivity contribution in [2.75, 3.05) is 57.9 Å². The molecule has 2 heterocycles. The van der Waals surface area contributed by atoms with Crippen LogP contribution < -0.4 is 4.90 Å². The maximum Gasteiger partial charge on any atom is 0.269 e. The summed E-state index contributed by atoms with van der Waals surface area (Å²) in [7, 11) is 1.57. The fourth-order valence-corrected chi connectivity index (χ4v) is 3.47. The van der Waals surface area contributed by atoms with Crippen molar-refractivity contribution in [2.45, 2.75) is 6.42 Å². The minimum atomic E-state index is -0.423. The van der Waals surface area contributed by atoms with Gasteiger partial charge < -0.3 is 23.9 Å². The summed E-state index contributed by atoms with van der Waals surface area (Å²) in [4.78, 5) is 41.2. The predicted octanol–water partition coefficient (Wildman–Crippen LogP) is 2.02. The van der Waals surface area contributed by atoms with Gasteiger partial charge in [0.25, 0.3) is 11.6 Å². The van der Waals surface area contributed by atoms with Crippen molar-refractivity contribution in [3.63, 3.8) is 0 Å². The molecule has 0 atom stereocenters. The fourth-order valence-electron chi connectivity index (χ4n) is 3.47. The van der Waals surface area contributed by atoms with E-state index in [0.29, 0.717) is 51.4 Å². The third-order valence-electron chi connectivity index (χ3n) is 5.27. The summed E-state index contributed by atoms with van der Waals surface area (Å²) in [6.07, 6.45) is 3.06. The molecule has 0 unspecified atom stereocenters. The number of ether oxygens (including phenoxy) is 1. The maximum absolute atomic E-state index is 12.7. The third kappa shape index (κ3) is 5.82.